The second-order valence-electron chi connectivity index (χ2n) is 3.88. The molecule has 0 aromatic carbocycles. The summed E-state index contributed by atoms with van der Waals surface area (Å²) in [5.41, 5.74) is 0.794. The van der Waals surface area contributed by atoms with Crippen molar-refractivity contribution in [3.63, 3.8) is 0 Å². The number of allylic oxidation sites excluding steroid dienone is 1. The highest BCUT2D eigenvalue weighted by Gasteiger charge is 2.31. The van der Waals surface area contributed by atoms with E-state index in [0.717, 1.165) is 18.4 Å². The van der Waals surface area contributed by atoms with Crippen LogP contribution in [0.2, 0.25) is 0 Å². The van der Waals surface area contributed by atoms with E-state index in [1.54, 1.807) is 0 Å². The Hall–Kier alpha value is -1.30. The summed E-state index contributed by atoms with van der Waals surface area (Å²) in [4.78, 5) is 11.5. The molecule has 0 saturated heterocycles. The number of amides is 1. The summed E-state index contributed by atoms with van der Waals surface area (Å²) in [6.07, 6.45) is 3.94. The predicted molar refractivity (Wildman–Crippen MR) is 49.7 cm³/mol. The van der Waals surface area contributed by atoms with Gasteiger partial charge in [0.1, 0.15) is 6.54 Å². The number of rotatable bonds is 2. The lowest BCUT2D eigenvalue weighted by atomic mass is 9.85. The van der Waals surface area contributed by atoms with E-state index in [9.17, 15) is 4.79 Å². The molecule has 1 amide bonds. The van der Waals surface area contributed by atoms with E-state index in [1.807, 2.05) is 12.1 Å². The van der Waals surface area contributed by atoms with Gasteiger partial charge in [-0.05, 0) is 18.3 Å². The minimum atomic E-state index is -0.0935. The van der Waals surface area contributed by atoms with Crippen LogP contribution in [0.4, 0.5) is 0 Å². The van der Waals surface area contributed by atoms with Gasteiger partial charge < -0.3 is 5.32 Å². The lowest BCUT2D eigenvalue weighted by Gasteiger charge is -2.20. The highest BCUT2D eigenvalue weighted by molar-refractivity contribution is 5.95. The summed E-state index contributed by atoms with van der Waals surface area (Å²) in [6, 6.07) is 1.89. The Balaban J connectivity index is 2.63. The molecule has 1 aliphatic rings. The second kappa shape index (κ2) is 3.61. The van der Waals surface area contributed by atoms with Gasteiger partial charge in [0.2, 0.25) is 5.91 Å². The molecule has 1 aliphatic carbocycles. The van der Waals surface area contributed by atoms with Crippen LogP contribution in [0.15, 0.2) is 11.6 Å². The maximum atomic E-state index is 11.5. The number of nitrogens with zero attached hydrogens (tertiary/aromatic N) is 1. The molecular weight excluding hydrogens is 164 g/mol. The Morgan fingerprint density at radius 1 is 1.77 bits per heavy atom. The fourth-order valence-electron chi connectivity index (χ4n) is 1.60. The van der Waals surface area contributed by atoms with E-state index in [4.69, 9.17) is 5.26 Å². The second-order valence-corrected chi connectivity index (χ2v) is 3.88. The number of nitrogens with one attached hydrogen (secondary N) is 1. The number of carbonyl (C=O) groups excluding carboxylic acids is 1. The first-order valence-electron chi connectivity index (χ1n) is 4.44. The lowest BCUT2D eigenvalue weighted by Crippen LogP contribution is -2.30. The zero-order valence-corrected chi connectivity index (χ0v) is 8.05. The Morgan fingerprint density at radius 3 is 2.92 bits per heavy atom. The van der Waals surface area contributed by atoms with Crippen LogP contribution in [0.25, 0.3) is 0 Å². The first kappa shape index (κ1) is 9.79. The van der Waals surface area contributed by atoms with Gasteiger partial charge in [0, 0.05) is 5.57 Å². The highest BCUT2D eigenvalue weighted by atomic mass is 16.1. The summed E-state index contributed by atoms with van der Waals surface area (Å²) < 4.78 is 0. The quantitative estimate of drug-likeness (QED) is 0.649. The molecule has 0 aromatic heterocycles. The van der Waals surface area contributed by atoms with Crippen LogP contribution in [0.3, 0.4) is 0 Å². The topological polar surface area (TPSA) is 52.9 Å². The molecule has 70 valence electrons. The van der Waals surface area contributed by atoms with Gasteiger partial charge in [-0.1, -0.05) is 19.9 Å². The molecule has 0 atom stereocenters. The van der Waals surface area contributed by atoms with Crippen molar-refractivity contribution in [2.45, 2.75) is 26.7 Å². The molecular formula is C10H14N2O. The van der Waals surface area contributed by atoms with E-state index >= 15 is 0 Å². The van der Waals surface area contributed by atoms with Crippen molar-refractivity contribution >= 4 is 5.91 Å². The molecule has 0 fully saturated rings. The predicted octanol–water partition coefficient (Wildman–Crippen LogP) is 1.37. The first-order valence-corrected chi connectivity index (χ1v) is 4.44. The fraction of sp³-hybridized carbons (Fsp3) is 0.600. The summed E-state index contributed by atoms with van der Waals surface area (Å²) in [6.45, 7) is 4.20. The van der Waals surface area contributed by atoms with Crippen LogP contribution < -0.4 is 5.32 Å². The van der Waals surface area contributed by atoms with Crippen LogP contribution in [0.1, 0.15) is 26.7 Å². The van der Waals surface area contributed by atoms with Crippen LogP contribution in [0, 0.1) is 16.7 Å². The lowest BCUT2D eigenvalue weighted by molar-refractivity contribution is -0.118. The molecule has 0 radical (unpaired) electrons. The van der Waals surface area contributed by atoms with Gasteiger partial charge in [-0.2, -0.15) is 5.26 Å². The van der Waals surface area contributed by atoms with Gasteiger partial charge in [-0.15, -0.1) is 0 Å². The van der Waals surface area contributed by atoms with Crippen LogP contribution >= 0.6 is 0 Å². The zero-order valence-electron chi connectivity index (χ0n) is 8.05. The van der Waals surface area contributed by atoms with Crippen molar-refractivity contribution in [3.05, 3.63) is 11.6 Å². The largest absolute Gasteiger partial charge is 0.339 e. The fourth-order valence-corrected chi connectivity index (χ4v) is 1.60. The maximum Gasteiger partial charge on any atom is 0.248 e. The normalized spacial score (nSPS) is 19.0. The van der Waals surface area contributed by atoms with E-state index in [0.29, 0.717) is 0 Å². The van der Waals surface area contributed by atoms with Crippen LogP contribution in [-0.4, -0.2) is 12.5 Å². The summed E-state index contributed by atoms with van der Waals surface area (Å²) >= 11 is 0. The molecule has 1 rings (SSSR count). The Bertz CT molecular complexity index is 284. The molecule has 0 aliphatic heterocycles. The maximum absolute atomic E-state index is 11.5. The van der Waals surface area contributed by atoms with E-state index in [1.165, 1.54) is 0 Å². The summed E-state index contributed by atoms with van der Waals surface area (Å²) in [5, 5.41) is 10.9. The average molecular weight is 178 g/mol. The Morgan fingerprint density at radius 2 is 2.46 bits per heavy atom. The van der Waals surface area contributed by atoms with Crippen molar-refractivity contribution in [1.82, 2.24) is 5.32 Å². The molecule has 1 N–H and O–H groups in total. The van der Waals surface area contributed by atoms with Crippen molar-refractivity contribution < 1.29 is 4.79 Å². The van der Waals surface area contributed by atoms with Gasteiger partial charge in [-0.25, -0.2) is 0 Å². The molecule has 0 heterocycles. The van der Waals surface area contributed by atoms with Gasteiger partial charge in [0.25, 0.3) is 0 Å². The third-order valence-corrected chi connectivity index (χ3v) is 2.42. The molecule has 13 heavy (non-hydrogen) atoms. The summed E-state index contributed by atoms with van der Waals surface area (Å²) in [7, 11) is 0. The smallest absolute Gasteiger partial charge is 0.248 e. The minimum Gasteiger partial charge on any atom is -0.339 e. The zero-order chi connectivity index (χ0) is 9.90. The molecule has 0 spiro atoms. The standard InChI is InChI=1S/C10H14N2O/c1-10(2)5-3-4-8(10)9(13)12-7-6-11/h4H,3,5,7H2,1-2H3,(H,12,13). The van der Waals surface area contributed by atoms with Gasteiger partial charge in [0.05, 0.1) is 6.07 Å². The van der Waals surface area contributed by atoms with Crippen molar-refractivity contribution in [1.29, 1.82) is 5.26 Å². The third kappa shape index (κ3) is 2.09. The Kier molecular flexibility index (Phi) is 2.72. The molecule has 3 nitrogen and oxygen atoms in total. The first-order chi connectivity index (χ1) is 6.08. The van der Waals surface area contributed by atoms with Crippen molar-refractivity contribution in [2.75, 3.05) is 6.54 Å². The third-order valence-electron chi connectivity index (χ3n) is 2.42. The molecule has 0 aromatic rings. The molecule has 3 heteroatoms. The minimum absolute atomic E-state index is 0.0282. The van der Waals surface area contributed by atoms with Crippen molar-refractivity contribution in [2.24, 2.45) is 5.41 Å². The SMILES string of the molecule is CC1(C)CCC=C1C(=O)NCC#N. The highest BCUT2D eigenvalue weighted by Crippen LogP contribution is 2.37. The van der Waals surface area contributed by atoms with E-state index in [2.05, 4.69) is 19.2 Å². The van der Waals surface area contributed by atoms with Gasteiger partial charge >= 0.3 is 0 Å². The molecule has 0 saturated carbocycles. The van der Waals surface area contributed by atoms with Gasteiger partial charge in [-0.3, -0.25) is 4.79 Å². The van der Waals surface area contributed by atoms with Crippen LogP contribution in [-0.2, 0) is 4.79 Å². The molecule has 0 bridgehead atoms. The monoisotopic (exact) mass is 178 g/mol. The number of nitriles is 1. The van der Waals surface area contributed by atoms with Crippen molar-refractivity contribution in [3.8, 4) is 6.07 Å². The van der Waals surface area contributed by atoms with Crippen LogP contribution in [0.5, 0.6) is 0 Å². The van der Waals surface area contributed by atoms with E-state index < -0.39 is 0 Å². The number of carbonyl (C=O) groups is 1. The number of hydrogen-bond acceptors (Lipinski definition) is 2. The average Bonchev–Trinajstić information content (AvgIpc) is 2.41. The van der Waals surface area contributed by atoms with Gasteiger partial charge in [0.15, 0.2) is 0 Å². The Labute approximate surface area is 78.4 Å². The molecule has 0 unspecified atom stereocenters. The van der Waals surface area contributed by atoms with E-state index in [-0.39, 0.29) is 17.9 Å². The summed E-state index contributed by atoms with van der Waals surface area (Å²) in [5.74, 6) is -0.0935. The number of hydrogen-bond donors (Lipinski definition) is 1.